The Kier molecular flexibility index (Phi) is 11.1. The van der Waals surface area contributed by atoms with E-state index in [1.807, 2.05) is 0 Å². The van der Waals surface area contributed by atoms with Crippen molar-refractivity contribution in [1.82, 2.24) is 19.7 Å². The molecule has 1 rings (SSSR count). The van der Waals surface area contributed by atoms with Crippen LogP contribution in [0.25, 0.3) is 0 Å². The third kappa shape index (κ3) is 7.32. The fourth-order valence-electron chi connectivity index (χ4n) is 2.00. The van der Waals surface area contributed by atoms with Gasteiger partial charge in [0.05, 0.1) is 13.1 Å². The molecule has 128 valence electrons. The van der Waals surface area contributed by atoms with E-state index in [1.54, 1.807) is 0 Å². The Hall–Kier alpha value is -0.280. The van der Waals surface area contributed by atoms with E-state index in [-0.39, 0.29) is 24.0 Å². The predicted molar refractivity (Wildman–Crippen MR) is 109 cm³/mol. The van der Waals surface area contributed by atoms with Crippen LogP contribution in [0.3, 0.4) is 0 Å². The monoisotopic (exact) mass is 485 g/mol. The molecule has 0 atom stereocenters. The summed E-state index contributed by atoms with van der Waals surface area (Å²) in [5.41, 5.74) is 1.25. The van der Waals surface area contributed by atoms with Crippen LogP contribution in [0.15, 0.2) is 21.7 Å². The summed E-state index contributed by atoms with van der Waals surface area (Å²) >= 11 is 3.52. The minimum absolute atomic E-state index is 0. The maximum absolute atomic E-state index is 4.70. The second kappa shape index (κ2) is 11.3. The zero-order valence-electron chi connectivity index (χ0n) is 14.3. The summed E-state index contributed by atoms with van der Waals surface area (Å²) in [5, 5.41) is 3.36. The highest BCUT2D eigenvalue weighted by Crippen LogP contribution is 2.14. The van der Waals surface area contributed by atoms with Crippen LogP contribution < -0.4 is 5.32 Å². The summed E-state index contributed by atoms with van der Waals surface area (Å²) < 4.78 is 3.24. The second-order valence-electron chi connectivity index (χ2n) is 5.25. The van der Waals surface area contributed by atoms with Gasteiger partial charge in [-0.1, -0.05) is 6.92 Å². The number of hydrogen-bond acceptors (Lipinski definition) is 2. The van der Waals surface area contributed by atoms with Gasteiger partial charge in [0.2, 0.25) is 0 Å². The number of hydrogen-bond donors (Lipinski definition) is 1. The van der Waals surface area contributed by atoms with Gasteiger partial charge >= 0.3 is 0 Å². The fourth-order valence-corrected chi connectivity index (χ4v) is 2.57. The Balaban J connectivity index is 0.00000441. The topological polar surface area (TPSA) is 35.8 Å². The van der Waals surface area contributed by atoms with E-state index in [4.69, 9.17) is 4.99 Å². The van der Waals surface area contributed by atoms with Crippen molar-refractivity contribution in [2.75, 3.05) is 40.3 Å². The van der Waals surface area contributed by atoms with E-state index in [2.05, 4.69) is 82.9 Å². The number of aryl methyl sites for hydroxylation is 1. The van der Waals surface area contributed by atoms with Gasteiger partial charge in [-0.15, -0.1) is 24.0 Å². The Labute approximate surface area is 160 Å². The molecule has 1 aromatic rings. The lowest BCUT2D eigenvalue weighted by Gasteiger charge is -2.22. The smallest absolute Gasteiger partial charge is 0.194 e. The normalized spacial score (nSPS) is 11.5. The Morgan fingerprint density at radius 1 is 1.36 bits per heavy atom. The molecular formula is C15H29BrIN5. The quantitative estimate of drug-likeness (QED) is 0.366. The van der Waals surface area contributed by atoms with Crippen molar-refractivity contribution in [3.05, 3.63) is 22.4 Å². The van der Waals surface area contributed by atoms with Gasteiger partial charge in [-0.05, 0) is 42.5 Å². The number of likely N-dealkylation sites (N-methyl/N-ethyl adjacent to an activating group) is 1. The third-order valence-electron chi connectivity index (χ3n) is 3.45. The molecule has 1 heterocycles. The van der Waals surface area contributed by atoms with Gasteiger partial charge in [0.25, 0.3) is 0 Å². The number of rotatable bonds is 7. The number of halogens is 2. The first kappa shape index (κ1) is 21.7. The van der Waals surface area contributed by atoms with E-state index < -0.39 is 0 Å². The zero-order valence-corrected chi connectivity index (χ0v) is 18.2. The van der Waals surface area contributed by atoms with Gasteiger partial charge < -0.3 is 19.7 Å². The number of nitrogens with zero attached hydrogens (tertiary/aromatic N) is 4. The molecule has 1 N–H and O–H groups in total. The van der Waals surface area contributed by atoms with Crippen LogP contribution in [0.2, 0.25) is 0 Å². The standard InChI is InChI=1S/C15H28BrN5.HI/c1-6-17-15(18-8-9-19(3)7-2)21(5)12-14-10-13(16)11-20(14)4;/h10-11H,6-9,12H2,1-5H3,(H,17,18);1H. The molecule has 0 saturated carbocycles. The molecule has 0 saturated heterocycles. The molecule has 0 radical (unpaired) electrons. The van der Waals surface area contributed by atoms with E-state index in [9.17, 15) is 0 Å². The summed E-state index contributed by atoms with van der Waals surface area (Å²) in [7, 11) is 6.26. The van der Waals surface area contributed by atoms with Gasteiger partial charge in [-0.2, -0.15) is 0 Å². The van der Waals surface area contributed by atoms with Crippen molar-refractivity contribution < 1.29 is 0 Å². The molecule has 5 nitrogen and oxygen atoms in total. The molecule has 0 aliphatic rings. The number of nitrogens with one attached hydrogen (secondary N) is 1. The van der Waals surface area contributed by atoms with Crippen LogP contribution >= 0.6 is 39.9 Å². The molecule has 0 unspecified atom stereocenters. The Morgan fingerprint density at radius 3 is 2.55 bits per heavy atom. The number of guanidine groups is 1. The fraction of sp³-hybridized carbons (Fsp3) is 0.667. The minimum Gasteiger partial charge on any atom is -0.357 e. The number of aromatic nitrogens is 1. The molecule has 0 aliphatic heterocycles. The lowest BCUT2D eigenvalue weighted by Crippen LogP contribution is -2.39. The van der Waals surface area contributed by atoms with Crippen molar-refractivity contribution in [2.45, 2.75) is 20.4 Å². The summed E-state index contributed by atoms with van der Waals surface area (Å²) in [6, 6.07) is 2.14. The molecular weight excluding hydrogens is 457 g/mol. The van der Waals surface area contributed by atoms with E-state index in [1.165, 1.54) is 5.69 Å². The van der Waals surface area contributed by atoms with Crippen molar-refractivity contribution in [2.24, 2.45) is 12.0 Å². The van der Waals surface area contributed by atoms with E-state index in [0.29, 0.717) is 0 Å². The van der Waals surface area contributed by atoms with Gasteiger partial charge in [0.1, 0.15) is 0 Å². The van der Waals surface area contributed by atoms with Gasteiger partial charge in [-0.3, -0.25) is 4.99 Å². The maximum atomic E-state index is 4.70. The van der Waals surface area contributed by atoms with Crippen LogP contribution in [0.5, 0.6) is 0 Å². The first-order valence-electron chi connectivity index (χ1n) is 7.46. The largest absolute Gasteiger partial charge is 0.357 e. The lowest BCUT2D eigenvalue weighted by atomic mass is 10.4. The SMILES string of the molecule is CCNC(=NCCN(C)CC)N(C)Cc1cc(Br)cn1C.I. The first-order chi connectivity index (χ1) is 9.97. The summed E-state index contributed by atoms with van der Waals surface area (Å²) in [6.07, 6.45) is 2.07. The summed E-state index contributed by atoms with van der Waals surface area (Å²) in [6.45, 7) is 8.82. The van der Waals surface area contributed by atoms with Gasteiger partial charge in [-0.25, -0.2) is 0 Å². The molecule has 0 amide bonds. The Morgan fingerprint density at radius 2 is 2.05 bits per heavy atom. The Bertz CT molecular complexity index is 461. The minimum atomic E-state index is 0. The average Bonchev–Trinajstić information content (AvgIpc) is 2.75. The highest BCUT2D eigenvalue weighted by atomic mass is 127. The second-order valence-corrected chi connectivity index (χ2v) is 6.16. The maximum Gasteiger partial charge on any atom is 0.194 e. The van der Waals surface area contributed by atoms with Crippen molar-refractivity contribution >= 4 is 45.9 Å². The van der Waals surface area contributed by atoms with Crippen LogP contribution in [-0.4, -0.2) is 60.6 Å². The molecule has 0 bridgehead atoms. The summed E-state index contributed by atoms with van der Waals surface area (Å²) in [4.78, 5) is 9.13. The zero-order chi connectivity index (χ0) is 15.8. The molecule has 0 aliphatic carbocycles. The van der Waals surface area contributed by atoms with Crippen molar-refractivity contribution in [1.29, 1.82) is 0 Å². The van der Waals surface area contributed by atoms with Crippen molar-refractivity contribution in [3.8, 4) is 0 Å². The van der Waals surface area contributed by atoms with Crippen LogP contribution in [-0.2, 0) is 13.6 Å². The lowest BCUT2D eigenvalue weighted by molar-refractivity contribution is 0.361. The van der Waals surface area contributed by atoms with Crippen LogP contribution in [0.1, 0.15) is 19.5 Å². The van der Waals surface area contributed by atoms with Crippen LogP contribution in [0.4, 0.5) is 0 Å². The molecule has 0 aromatic carbocycles. The van der Waals surface area contributed by atoms with Gasteiger partial charge in [0, 0.05) is 43.5 Å². The van der Waals surface area contributed by atoms with Crippen LogP contribution in [0, 0.1) is 0 Å². The first-order valence-corrected chi connectivity index (χ1v) is 8.25. The van der Waals surface area contributed by atoms with E-state index >= 15 is 0 Å². The van der Waals surface area contributed by atoms with Crippen molar-refractivity contribution in [3.63, 3.8) is 0 Å². The third-order valence-corrected chi connectivity index (χ3v) is 3.89. The average molecular weight is 486 g/mol. The predicted octanol–water partition coefficient (Wildman–Crippen LogP) is 2.75. The molecule has 22 heavy (non-hydrogen) atoms. The molecule has 7 heteroatoms. The summed E-state index contributed by atoms with van der Waals surface area (Å²) in [5.74, 6) is 0.958. The number of aliphatic imine (C=N–C) groups is 1. The molecule has 0 spiro atoms. The highest BCUT2D eigenvalue weighted by Gasteiger charge is 2.09. The molecule has 0 fully saturated rings. The van der Waals surface area contributed by atoms with E-state index in [0.717, 1.165) is 43.2 Å². The highest BCUT2D eigenvalue weighted by molar-refractivity contribution is 14.0. The van der Waals surface area contributed by atoms with Gasteiger partial charge in [0.15, 0.2) is 5.96 Å². The molecule has 1 aromatic heterocycles.